The van der Waals surface area contributed by atoms with Crippen LogP contribution in [-0.2, 0) is 6.54 Å². The van der Waals surface area contributed by atoms with Crippen molar-refractivity contribution in [2.24, 2.45) is 0 Å². The van der Waals surface area contributed by atoms with Gasteiger partial charge in [-0.15, -0.1) is 11.4 Å². The number of hydrogen-bond acceptors (Lipinski definition) is 2. The number of nitrogens with zero attached hydrogens (tertiary/aromatic N) is 1. The fourth-order valence-corrected chi connectivity index (χ4v) is 3.07. The summed E-state index contributed by atoms with van der Waals surface area (Å²) >= 11 is 1.74. The molecule has 1 atom stereocenters. The van der Waals surface area contributed by atoms with Gasteiger partial charge in [0.2, 0.25) is 0 Å². The molecule has 0 aliphatic heterocycles. The van der Waals surface area contributed by atoms with Crippen molar-refractivity contribution < 1.29 is 0 Å². The normalized spacial score (nSPS) is 11.2. The van der Waals surface area contributed by atoms with Crippen LogP contribution in [0, 0.1) is 0 Å². The zero-order valence-electron chi connectivity index (χ0n) is 10.4. The molecular formula is C15H14NOPS. The van der Waals surface area contributed by atoms with E-state index in [4.69, 9.17) is 0 Å². The highest BCUT2D eigenvalue weighted by molar-refractivity contribution is 8.43. The van der Waals surface area contributed by atoms with Gasteiger partial charge in [-0.2, -0.15) is 0 Å². The second-order valence-electron chi connectivity index (χ2n) is 4.39. The van der Waals surface area contributed by atoms with E-state index in [0.717, 1.165) is 34.1 Å². The summed E-state index contributed by atoms with van der Waals surface area (Å²) in [7, 11) is 2.68. The number of benzene rings is 2. The van der Waals surface area contributed by atoms with Gasteiger partial charge < -0.3 is 4.57 Å². The summed E-state index contributed by atoms with van der Waals surface area (Å²) in [5, 5.41) is 1.60. The molecule has 3 rings (SSSR count). The highest BCUT2D eigenvalue weighted by atomic mass is 32.7. The van der Waals surface area contributed by atoms with Crippen molar-refractivity contribution >= 4 is 41.6 Å². The minimum absolute atomic E-state index is 0.126. The Morgan fingerprint density at radius 1 is 0.947 bits per heavy atom. The topological polar surface area (TPSA) is 22.0 Å². The maximum Gasteiger partial charge on any atom is 0.197 e. The summed E-state index contributed by atoms with van der Waals surface area (Å²) in [4.78, 5) is 12.5. The zero-order chi connectivity index (χ0) is 13.2. The molecule has 3 aromatic rings. The van der Waals surface area contributed by atoms with E-state index in [-0.39, 0.29) is 5.43 Å². The molecule has 19 heavy (non-hydrogen) atoms. The summed E-state index contributed by atoms with van der Waals surface area (Å²) in [5.74, 6) is 1.00. The van der Waals surface area contributed by atoms with E-state index in [1.54, 1.807) is 11.4 Å². The Bertz CT molecular complexity index is 737. The number of para-hydroxylation sites is 2. The minimum atomic E-state index is 0.126. The third kappa shape index (κ3) is 2.18. The molecule has 0 N–H and O–H groups in total. The molecule has 0 aliphatic carbocycles. The first-order chi connectivity index (χ1) is 9.33. The molecule has 0 radical (unpaired) electrons. The van der Waals surface area contributed by atoms with E-state index in [1.165, 1.54) is 0 Å². The largest absolute Gasteiger partial charge is 0.339 e. The number of hydrogen-bond donors (Lipinski definition) is 0. The van der Waals surface area contributed by atoms with Crippen LogP contribution in [0.4, 0.5) is 0 Å². The predicted octanol–water partition coefficient (Wildman–Crippen LogP) is 3.68. The van der Waals surface area contributed by atoms with E-state index in [1.807, 2.05) is 48.5 Å². The van der Waals surface area contributed by atoms with Gasteiger partial charge in [-0.05, 0) is 24.3 Å². The Labute approximate surface area is 117 Å². The lowest BCUT2D eigenvalue weighted by Crippen LogP contribution is -2.12. The molecule has 0 amide bonds. The quantitative estimate of drug-likeness (QED) is 0.541. The Kier molecular flexibility index (Phi) is 3.58. The van der Waals surface area contributed by atoms with Crippen molar-refractivity contribution in [3.05, 3.63) is 58.8 Å². The van der Waals surface area contributed by atoms with Crippen molar-refractivity contribution in [2.75, 3.05) is 5.75 Å². The Morgan fingerprint density at radius 2 is 1.47 bits per heavy atom. The number of aryl methyl sites for hydroxylation is 1. The van der Waals surface area contributed by atoms with Crippen molar-refractivity contribution in [1.82, 2.24) is 4.57 Å². The summed E-state index contributed by atoms with van der Waals surface area (Å²) in [6.07, 6.45) is 0. The Hall–Kier alpha value is -1.31. The molecular weight excluding hydrogens is 273 g/mol. The third-order valence-corrected chi connectivity index (χ3v) is 4.44. The first kappa shape index (κ1) is 12.7. The first-order valence-corrected chi connectivity index (χ1v) is 8.61. The monoisotopic (exact) mass is 287 g/mol. The van der Waals surface area contributed by atoms with Gasteiger partial charge in [0, 0.05) is 23.1 Å². The van der Waals surface area contributed by atoms with E-state index in [2.05, 4.69) is 13.0 Å². The minimum Gasteiger partial charge on any atom is -0.339 e. The van der Waals surface area contributed by atoms with E-state index in [9.17, 15) is 4.79 Å². The van der Waals surface area contributed by atoms with Crippen molar-refractivity contribution in [3.63, 3.8) is 0 Å². The lowest BCUT2D eigenvalue weighted by molar-refractivity contribution is 0.833. The van der Waals surface area contributed by atoms with Gasteiger partial charge in [-0.25, -0.2) is 0 Å². The van der Waals surface area contributed by atoms with Gasteiger partial charge in [0.15, 0.2) is 5.43 Å². The Balaban J connectivity index is 2.45. The van der Waals surface area contributed by atoms with Gasteiger partial charge in [0.05, 0.1) is 11.0 Å². The standard InChI is InChI=1S/C15H14NOPS/c17-15-11-5-1-3-7-13(11)16(9-10-19-18)14-8-4-2-6-12(14)15/h1-8H,9-10,18H2. The van der Waals surface area contributed by atoms with Crippen molar-refractivity contribution in [1.29, 1.82) is 0 Å². The number of aromatic nitrogens is 1. The molecule has 1 aromatic heterocycles. The fourth-order valence-electron chi connectivity index (χ4n) is 2.46. The number of rotatable bonds is 3. The van der Waals surface area contributed by atoms with E-state index >= 15 is 0 Å². The van der Waals surface area contributed by atoms with Gasteiger partial charge in [0.25, 0.3) is 0 Å². The predicted molar refractivity (Wildman–Crippen MR) is 87.9 cm³/mol. The molecule has 0 aliphatic rings. The molecule has 4 heteroatoms. The Morgan fingerprint density at radius 3 is 2.00 bits per heavy atom. The summed E-state index contributed by atoms with van der Waals surface area (Å²) in [6, 6.07) is 15.7. The average Bonchev–Trinajstić information content (AvgIpc) is 2.47. The highest BCUT2D eigenvalue weighted by Gasteiger charge is 2.09. The van der Waals surface area contributed by atoms with Crippen molar-refractivity contribution in [2.45, 2.75) is 6.54 Å². The maximum absolute atomic E-state index is 12.5. The van der Waals surface area contributed by atoms with Crippen molar-refractivity contribution in [3.8, 4) is 0 Å². The molecule has 0 bridgehead atoms. The number of pyridine rings is 1. The first-order valence-electron chi connectivity index (χ1n) is 6.15. The van der Waals surface area contributed by atoms with Gasteiger partial charge >= 0.3 is 0 Å². The molecule has 2 nitrogen and oxygen atoms in total. The molecule has 0 saturated heterocycles. The van der Waals surface area contributed by atoms with Gasteiger partial charge in [-0.3, -0.25) is 4.79 Å². The summed E-state index contributed by atoms with van der Waals surface area (Å²) in [5.41, 5.74) is 2.16. The molecule has 0 fully saturated rings. The summed E-state index contributed by atoms with van der Waals surface area (Å²) in [6.45, 7) is 0.898. The van der Waals surface area contributed by atoms with Crippen LogP contribution in [0.3, 0.4) is 0 Å². The van der Waals surface area contributed by atoms with E-state index in [0.29, 0.717) is 0 Å². The van der Waals surface area contributed by atoms with E-state index < -0.39 is 0 Å². The van der Waals surface area contributed by atoms with Crippen LogP contribution in [0.25, 0.3) is 21.8 Å². The van der Waals surface area contributed by atoms with Crippen LogP contribution in [-0.4, -0.2) is 10.3 Å². The second-order valence-corrected chi connectivity index (χ2v) is 6.13. The molecule has 1 unspecified atom stereocenters. The third-order valence-electron chi connectivity index (χ3n) is 3.31. The zero-order valence-corrected chi connectivity index (χ0v) is 12.3. The fraction of sp³-hybridized carbons (Fsp3) is 0.133. The lowest BCUT2D eigenvalue weighted by Gasteiger charge is -2.14. The van der Waals surface area contributed by atoms with Crippen LogP contribution in [0.5, 0.6) is 0 Å². The highest BCUT2D eigenvalue weighted by Crippen LogP contribution is 2.20. The number of fused-ring (bicyclic) bond motifs is 2. The average molecular weight is 287 g/mol. The molecule has 96 valence electrons. The van der Waals surface area contributed by atoms with Crippen LogP contribution < -0.4 is 5.43 Å². The SMILES string of the molecule is O=c1c2ccccc2n(CCSP)c2ccccc12. The van der Waals surface area contributed by atoms with Crippen LogP contribution in [0.2, 0.25) is 0 Å². The second kappa shape index (κ2) is 5.36. The van der Waals surface area contributed by atoms with Gasteiger partial charge in [-0.1, -0.05) is 32.7 Å². The molecule has 1 heterocycles. The smallest absolute Gasteiger partial charge is 0.197 e. The lowest BCUT2D eigenvalue weighted by atomic mass is 10.1. The molecule has 0 spiro atoms. The van der Waals surface area contributed by atoms with Gasteiger partial charge in [0.1, 0.15) is 0 Å². The molecule has 0 saturated carbocycles. The van der Waals surface area contributed by atoms with Crippen LogP contribution in [0.15, 0.2) is 53.3 Å². The van der Waals surface area contributed by atoms with Crippen LogP contribution >= 0.6 is 19.8 Å². The molecule has 2 aromatic carbocycles. The van der Waals surface area contributed by atoms with Crippen LogP contribution in [0.1, 0.15) is 0 Å². The summed E-state index contributed by atoms with van der Waals surface area (Å²) < 4.78 is 2.24. The maximum atomic E-state index is 12.5.